The molecule has 0 bridgehead atoms. The molecule has 112 valence electrons. The number of hydrogen-bond donors (Lipinski definition) is 3. The van der Waals surface area contributed by atoms with E-state index >= 15 is 0 Å². The lowest BCUT2D eigenvalue weighted by Crippen LogP contribution is -2.16. The zero-order valence-electron chi connectivity index (χ0n) is 11.5. The highest BCUT2D eigenvalue weighted by atomic mass is 79.9. The summed E-state index contributed by atoms with van der Waals surface area (Å²) >= 11 is 5.16. The Morgan fingerprint density at radius 2 is 2.19 bits per heavy atom. The van der Waals surface area contributed by atoms with Crippen molar-refractivity contribution in [2.24, 2.45) is 10.9 Å². The van der Waals surface area contributed by atoms with Crippen LogP contribution in [0.15, 0.2) is 39.3 Å². The van der Waals surface area contributed by atoms with Crippen molar-refractivity contribution in [3.63, 3.8) is 0 Å². The Kier molecular flexibility index (Phi) is 5.60. The van der Waals surface area contributed by atoms with Crippen LogP contribution in [0.5, 0.6) is 5.75 Å². The number of rotatable bonds is 6. The molecule has 0 aliphatic carbocycles. The highest BCUT2D eigenvalue weighted by Gasteiger charge is 2.08. The zero-order valence-corrected chi connectivity index (χ0v) is 13.9. The minimum atomic E-state index is 0.0368. The second-order valence-corrected chi connectivity index (χ2v) is 6.88. The molecule has 0 saturated carbocycles. The van der Waals surface area contributed by atoms with E-state index in [0.717, 1.165) is 15.9 Å². The van der Waals surface area contributed by atoms with Gasteiger partial charge in [-0.2, -0.15) is 0 Å². The van der Waals surface area contributed by atoms with Gasteiger partial charge in [0.05, 0.1) is 16.5 Å². The van der Waals surface area contributed by atoms with Crippen molar-refractivity contribution in [2.75, 3.05) is 7.11 Å². The van der Waals surface area contributed by atoms with Crippen LogP contribution in [0, 0.1) is 0 Å². The van der Waals surface area contributed by atoms with E-state index in [1.807, 2.05) is 18.2 Å². The van der Waals surface area contributed by atoms with Crippen LogP contribution >= 0.6 is 27.3 Å². The van der Waals surface area contributed by atoms with Gasteiger partial charge in [0.2, 0.25) is 0 Å². The maximum Gasteiger partial charge on any atom is 0.173 e. The van der Waals surface area contributed by atoms with Crippen molar-refractivity contribution >= 4 is 33.1 Å². The molecular weight excluding hydrogens is 354 g/mol. The number of oxime groups is 1. The average Bonchev–Trinajstić information content (AvgIpc) is 2.91. The normalized spacial score (nSPS) is 11.6. The van der Waals surface area contributed by atoms with Gasteiger partial charge >= 0.3 is 0 Å². The molecule has 5 nitrogen and oxygen atoms in total. The minimum absolute atomic E-state index is 0.0368. The molecule has 2 rings (SSSR count). The number of nitrogens with two attached hydrogens (primary N) is 1. The Labute approximate surface area is 135 Å². The number of amidine groups is 1. The van der Waals surface area contributed by atoms with Crippen LogP contribution in [-0.4, -0.2) is 18.2 Å². The molecule has 21 heavy (non-hydrogen) atoms. The van der Waals surface area contributed by atoms with Gasteiger partial charge in [0.1, 0.15) is 5.75 Å². The lowest BCUT2D eigenvalue weighted by atomic mass is 10.1. The lowest BCUT2D eigenvalue weighted by molar-refractivity contribution is 0.318. The molecule has 0 unspecified atom stereocenters. The van der Waals surface area contributed by atoms with Crippen molar-refractivity contribution in [1.82, 2.24) is 5.32 Å². The highest BCUT2D eigenvalue weighted by molar-refractivity contribution is 9.11. The summed E-state index contributed by atoms with van der Waals surface area (Å²) in [6, 6.07) is 9.71. The maximum atomic E-state index is 8.74. The first-order valence-corrected chi connectivity index (χ1v) is 7.84. The Balaban J connectivity index is 2.00. The first-order chi connectivity index (χ1) is 10.1. The Morgan fingerprint density at radius 1 is 1.38 bits per heavy atom. The zero-order chi connectivity index (χ0) is 15.2. The number of halogens is 1. The standard InChI is InChI=1S/C14H16BrN3O2S/c1-20-12-6-9(2-4-11(12)14(16)18-19)7-17-8-10-3-5-13(15)21-10/h2-6,17,19H,7-8H2,1H3,(H2,16,18). The van der Waals surface area contributed by atoms with E-state index in [4.69, 9.17) is 15.7 Å². The summed E-state index contributed by atoms with van der Waals surface area (Å²) in [6.07, 6.45) is 0. The summed E-state index contributed by atoms with van der Waals surface area (Å²) in [6.45, 7) is 1.52. The van der Waals surface area contributed by atoms with Crippen molar-refractivity contribution in [1.29, 1.82) is 0 Å². The van der Waals surface area contributed by atoms with Gasteiger partial charge in [0.15, 0.2) is 5.84 Å². The van der Waals surface area contributed by atoms with Crippen LogP contribution in [0.25, 0.3) is 0 Å². The molecule has 0 aliphatic heterocycles. The largest absolute Gasteiger partial charge is 0.496 e. The number of nitrogens with zero attached hydrogens (tertiary/aromatic N) is 1. The monoisotopic (exact) mass is 369 g/mol. The average molecular weight is 370 g/mol. The molecule has 0 saturated heterocycles. The van der Waals surface area contributed by atoms with E-state index in [-0.39, 0.29) is 5.84 Å². The number of ether oxygens (including phenoxy) is 1. The van der Waals surface area contributed by atoms with E-state index in [0.29, 0.717) is 17.9 Å². The second kappa shape index (κ2) is 7.44. The molecule has 4 N–H and O–H groups in total. The lowest BCUT2D eigenvalue weighted by Gasteiger charge is -2.10. The van der Waals surface area contributed by atoms with Gasteiger partial charge in [0.25, 0.3) is 0 Å². The number of nitrogens with one attached hydrogen (secondary N) is 1. The van der Waals surface area contributed by atoms with Crippen molar-refractivity contribution in [2.45, 2.75) is 13.1 Å². The summed E-state index contributed by atoms with van der Waals surface area (Å²) in [5, 5.41) is 15.1. The molecule has 7 heteroatoms. The predicted octanol–water partition coefficient (Wildman–Crippen LogP) is 2.90. The van der Waals surface area contributed by atoms with Gasteiger partial charge in [-0.05, 0) is 45.8 Å². The third kappa shape index (κ3) is 4.20. The van der Waals surface area contributed by atoms with Crippen molar-refractivity contribution in [3.8, 4) is 5.75 Å². The summed E-state index contributed by atoms with van der Waals surface area (Å²) in [7, 11) is 1.56. The van der Waals surface area contributed by atoms with Crippen molar-refractivity contribution < 1.29 is 9.94 Å². The van der Waals surface area contributed by atoms with Crippen LogP contribution in [-0.2, 0) is 13.1 Å². The highest BCUT2D eigenvalue weighted by Crippen LogP contribution is 2.22. The van der Waals surface area contributed by atoms with E-state index in [1.54, 1.807) is 24.5 Å². The van der Waals surface area contributed by atoms with Gasteiger partial charge in [-0.15, -0.1) is 11.3 Å². The van der Waals surface area contributed by atoms with Gasteiger partial charge in [-0.25, -0.2) is 0 Å². The fraction of sp³-hybridized carbons (Fsp3) is 0.214. The molecule has 1 aromatic carbocycles. The molecule has 0 radical (unpaired) electrons. The Hall–Kier alpha value is -1.57. The summed E-state index contributed by atoms with van der Waals surface area (Å²) in [4.78, 5) is 1.27. The smallest absolute Gasteiger partial charge is 0.173 e. The number of methoxy groups -OCH3 is 1. The van der Waals surface area contributed by atoms with Gasteiger partial charge in [-0.1, -0.05) is 11.2 Å². The van der Waals surface area contributed by atoms with Gasteiger partial charge < -0.3 is 21.0 Å². The molecule has 0 amide bonds. The Morgan fingerprint density at radius 3 is 2.81 bits per heavy atom. The fourth-order valence-electron chi connectivity index (χ4n) is 1.89. The molecule has 0 fully saturated rings. The number of hydrogen-bond acceptors (Lipinski definition) is 5. The first-order valence-electron chi connectivity index (χ1n) is 6.23. The first kappa shape index (κ1) is 15.8. The van der Waals surface area contributed by atoms with Crippen LogP contribution in [0.1, 0.15) is 16.0 Å². The van der Waals surface area contributed by atoms with Gasteiger partial charge in [0, 0.05) is 18.0 Å². The van der Waals surface area contributed by atoms with E-state index in [1.165, 1.54) is 4.88 Å². The summed E-state index contributed by atoms with van der Waals surface area (Å²) in [5.41, 5.74) is 7.24. The fourth-order valence-corrected chi connectivity index (χ4v) is 3.34. The number of benzene rings is 1. The van der Waals surface area contributed by atoms with Crippen LogP contribution in [0.3, 0.4) is 0 Å². The van der Waals surface area contributed by atoms with E-state index < -0.39 is 0 Å². The maximum absolute atomic E-state index is 8.74. The molecule has 1 aromatic heterocycles. The number of thiophene rings is 1. The quantitative estimate of drug-likeness (QED) is 0.316. The SMILES string of the molecule is COc1cc(CNCc2ccc(Br)s2)ccc1/C(N)=N/O. The predicted molar refractivity (Wildman–Crippen MR) is 88.1 cm³/mol. The molecule has 0 aliphatic rings. The minimum Gasteiger partial charge on any atom is -0.496 e. The van der Waals surface area contributed by atoms with E-state index in [2.05, 4.69) is 32.5 Å². The second-order valence-electron chi connectivity index (χ2n) is 4.33. The van der Waals surface area contributed by atoms with E-state index in [9.17, 15) is 0 Å². The van der Waals surface area contributed by atoms with Gasteiger partial charge in [-0.3, -0.25) is 0 Å². The van der Waals surface area contributed by atoms with Crippen LogP contribution in [0.4, 0.5) is 0 Å². The molecule has 0 atom stereocenters. The summed E-state index contributed by atoms with van der Waals surface area (Å²) in [5.74, 6) is 0.623. The van der Waals surface area contributed by atoms with Crippen LogP contribution in [0.2, 0.25) is 0 Å². The molecule has 0 spiro atoms. The van der Waals surface area contributed by atoms with Crippen LogP contribution < -0.4 is 15.8 Å². The third-order valence-electron chi connectivity index (χ3n) is 2.91. The molecular formula is C14H16BrN3O2S. The molecule has 1 heterocycles. The summed E-state index contributed by atoms with van der Waals surface area (Å²) < 4.78 is 6.40. The topological polar surface area (TPSA) is 79.9 Å². The molecule has 2 aromatic rings. The third-order valence-corrected chi connectivity index (χ3v) is 4.53. The Bertz CT molecular complexity index is 643. The van der Waals surface area contributed by atoms with Crippen molar-refractivity contribution in [3.05, 3.63) is 50.1 Å².